The summed E-state index contributed by atoms with van der Waals surface area (Å²) >= 11 is 0. The standard InChI is InChI=1S/C25H26FN5O2/c1-14-10-22(29-33-14)21-11-23-27-16(3)15(2)24(31(23)28-21)30-19-8-9-20(30)13-25(32,12-19)17-4-6-18(26)7-5-17/h4-7,10-11,19-20,32H,8-9,12-13H2,1-3H3/t19-,20+,25?. The minimum absolute atomic E-state index is 0.157. The highest BCUT2D eigenvalue weighted by atomic mass is 19.1. The highest BCUT2D eigenvalue weighted by molar-refractivity contribution is 5.65. The van der Waals surface area contributed by atoms with Crippen molar-refractivity contribution in [3.63, 3.8) is 0 Å². The van der Waals surface area contributed by atoms with Gasteiger partial charge in [0.05, 0.1) is 5.60 Å². The third kappa shape index (κ3) is 3.15. The average molecular weight is 448 g/mol. The van der Waals surface area contributed by atoms with Gasteiger partial charge in [-0.3, -0.25) is 0 Å². The van der Waals surface area contributed by atoms with Gasteiger partial charge in [-0.05, 0) is 51.3 Å². The van der Waals surface area contributed by atoms with Gasteiger partial charge in [-0.25, -0.2) is 9.37 Å². The molecule has 1 aromatic carbocycles. The molecule has 2 bridgehead atoms. The van der Waals surface area contributed by atoms with Crippen molar-refractivity contribution < 1.29 is 14.0 Å². The second kappa shape index (κ2) is 7.12. The molecule has 8 heteroatoms. The third-order valence-corrected chi connectivity index (χ3v) is 7.33. The van der Waals surface area contributed by atoms with Crippen LogP contribution < -0.4 is 4.90 Å². The van der Waals surface area contributed by atoms with E-state index >= 15 is 0 Å². The molecular weight excluding hydrogens is 421 g/mol. The average Bonchev–Trinajstić information content (AvgIpc) is 3.46. The van der Waals surface area contributed by atoms with Crippen LogP contribution in [0, 0.1) is 26.6 Å². The van der Waals surface area contributed by atoms with Crippen molar-refractivity contribution in [2.24, 2.45) is 0 Å². The predicted molar refractivity (Wildman–Crippen MR) is 122 cm³/mol. The number of aliphatic hydroxyl groups is 1. The molecule has 2 aliphatic rings. The van der Waals surface area contributed by atoms with Gasteiger partial charge in [0.25, 0.3) is 0 Å². The van der Waals surface area contributed by atoms with Crippen LogP contribution in [0.5, 0.6) is 0 Å². The summed E-state index contributed by atoms with van der Waals surface area (Å²) in [5, 5.41) is 20.5. The van der Waals surface area contributed by atoms with Crippen LogP contribution in [0.3, 0.4) is 0 Å². The topological polar surface area (TPSA) is 79.7 Å². The normalized spacial score (nSPS) is 24.7. The van der Waals surface area contributed by atoms with E-state index in [0.29, 0.717) is 18.5 Å². The number of piperidine rings is 1. The molecule has 7 nitrogen and oxygen atoms in total. The van der Waals surface area contributed by atoms with Crippen molar-refractivity contribution in [1.29, 1.82) is 0 Å². The van der Waals surface area contributed by atoms with Crippen LogP contribution in [0.1, 0.15) is 48.3 Å². The molecule has 4 aromatic rings. The molecule has 1 unspecified atom stereocenters. The van der Waals surface area contributed by atoms with Crippen LogP contribution in [-0.2, 0) is 5.60 Å². The summed E-state index contributed by atoms with van der Waals surface area (Å²) in [6.45, 7) is 5.96. The Labute approximate surface area is 190 Å². The lowest BCUT2D eigenvalue weighted by molar-refractivity contribution is -0.00335. The van der Waals surface area contributed by atoms with Crippen LogP contribution >= 0.6 is 0 Å². The van der Waals surface area contributed by atoms with Crippen molar-refractivity contribution in [2.45, 2.75) is 64.1 Å². The maximum Gasteiger partial charge on any atom is 0.158 e. The number of hydrogen-bond donors (Lipinski definition) is 1. The fraction of sp³-hybridized carbons (Fsp3) is 0.400. The van der Waals surface area contributed by atoms with E-state index in [-0.39, 0.29) is 17.9 Å². The van der Waals surface area contributed by atoms with E-state index in [2.05, 4.69) is 17.0 Å². The minimum atomic E-state index is -0.960. The Hall–Kier alpha value is -3.26. The first-order chi connectivity index (χ1) is 15.8. The summed E-state index contributed by atoms with van der Waals surface area (Å²) in [5.74, 6) is 1.47. The van der Waals surface area contributed by atoms with Crippen LogP contribution in [0.15, 0.2) is 40.9 Å². The zero-order valence-corrected chi connectivity index (χ0v) is 18.9. The first-order valence-electron chi connectivity index (χ1n) is 11.4. The molecule has 0 radical (unpaired) electrons. The number of benzene rings is 1. The molecule has 1 N–H and O–H groups in total. The minimum Gasteiger partial charge on any atom is -0.385 e. The summed E-state index contributed by atoms with van der Waals surface area (Å²) in [6.07, 6.45) is 3.17. The van der Waals surface area contributed by atoms with Crippen molar-refractivity contribution >= 4 is 11.5 Å². The number of nitrogens with zero attached hydrogens (tertiary/aromatic N) is 5. The first-order valence-corrected chi connectivity index (χ1v) is 11.4. The maximum absolute atomic E-state index is 13.5. The molecule has 0 spiro atoms. The second-order valence-electron chi connectivity index (χ2n) is 9.51. The fourth-order valence-corrected chi connectivity index (χ4v) is 5.66. The van der Waals surface area contributed by atoms with Crippen molar-refractivity contribution in [3.05, 3.63) is 64.8 Å². The van der Waals surface area contributed by atoms with Gasteiger partial charge in [0.1, 0.15) is 28.8 Å². The Balaban J connectivity index is 1.43. The molecule has 0 saturated carbocycles. The third-order valence-electron chi connectivity index (χ3n) is 7.33. The number of anilines is 1. The number of aromatic nitrogens is 4. The summed E-state index contributed by atoms with van der Waals surface area (Å²) in [4.78, 5) is 7.20. The predicted octanol–water partition coefficient (Wildman–Crippen LogP) is 4.47. The highest BCUT2D eigenvalue weighted by Gasteiger charge is 2.49. The molecule has 3 atom stereocenters. The molecule has 33 heavy (non-hydrogen) atoms. The van der Waals surface area contributed by atoms with Crippen LogP contribution in [0.2, 0.25) is 0 Å². The van der Waals surface area contributed by atoms with Crippen molar-refractivity contribution in [2.75, 3.05) is 4.90 Å². The smallest absolute Gasteiger partial charge is 0.158 e. The molecule has 2 fully saturated rings. The van der Waals surface area contributed by atoms with Gasteiger partial charge in [0.15, 0.2) is 5.65 Å². The van der Waals surface area contributed by atoms with Crippen LogP contribution in [-0.4, -0.2) is 36.9 Å². The quantitative estimate of drug-likeness (QED) is 0.499. The number of hydrogen-bond acceptors (Lipinski definition) is 6. The summed E-state index contributed by atoms with van der Waals surface area (Å²) in [5.41, 5.74) is 4.04. The zero-order valence-electron chi connectivity index (χ0n) is 18.9. The van der Waals surface area contributed by atoms with E-state index in [9.17, 15) is 9.50 Å². The summed E-state index contributed by atoms with van der Waals surface area (Å²) in [7, 11) is 0. The monoisotopic (exact) mass is 447 g/mol. The van der Waals surface area contributed by atoms with Gasteiger partial charge < -0.3 is 14.5 Å². The lowest BCUT2D eigenvalue weighted by Crippen LogP contribution is -2.50. The Morgan fingerprint density at radius 1 is 1.03 bits per heavy atom. The second-order valence-corrected chi connectivity index (χ2v) is 9.51. The van der Waals surface area contributed by atoms with E-state index in [1.807, 2.05) is 30.5 Å². The highest BCUT2D eigenvalue weighted by Crippen LogP contribution is 2.48. The number of aryl methyl sites for hydroxylation is 2. The van der Waals surface area contributed by atoms with Gasteiger partial charge in [-0.2, -0.15) is 9.61 Å². The van der Waals surface area contributed by atoms with E-state index in [4.69, 9.17) is 14.6 Å². The number of fused-ring (bicyclic) bond motifs is 3. The molecule has 0 amide bonds. The molecule has 2 saturated heterocycles. The molecule has 3 aromatic heterocycles. The number of halogens is 1. The molecule has 170 valence electrons. The van der Waals surface area contributed by atoms with Gasteiger partial charge in [-0.15, -0.1) is 0 Å². The lowest BCUT2D eigenvalue weighted by Gasteiger charge is -2.45. The molecule has 0 aliphatic carbocycles. The molecule has 6 rings (SSSR count). The SMILES string of the molecule is Cc1cc(-c2cc3nc(C)c(C)c(N4[C@@H]5CC[C@H]4CC(O)(c4ccc(F)cc4)C5)n3n2)no1. The fourth-order valence-electron chi connectivity index (χ4n) is 5.66. The molecule has 2 aliphatic heterocycles. The Morgan fingerprint density at radius 2 is 1.73 bits per heavy atom. The van der Waals surface area contributed by atoms with Crippen LogP contribution in [0.25, 0.3) is 17.0 Å². The Morgan fingerprint density at radius 3 is 2.36 bits per heavy atom. The van der Waals surface area contributed by atoms with Gasteiger partial charge in [-0.1, -0.05) is 17.3 Å². The van der Waals surface area contributed by atoms with Crippen molar-refractivity contribution in [1.82, 2.24) is 19.8 Å². The van der Waals surface area contributed by atoms with E-state index in [0.717, 1.165) is 52.6 Å². The lowest BCUT2D eigenvalue weighted by atomic mass is 9.80. The zero-order chi connectivity index (χ0) is 22.9. The first kappa shape index (κ1) is 20.4. The molecular formula is C25H26FN5O2. The molecule has 5 heterocycles. The largest absolute Gasteiger partial charge is 0.385 e. The Bertz CT molecular complexity index is 1350. The van der Waals surface area contributed by atoms with E-state index in [1.54, 1.807) is 12.1 Å². The van der Waals surface area contributed by atoms with Crippen molar-refractivity contribution in [3.8, 4) is 11.4 Å². The maximum atomic E-state index is 13.5. The Kier molecular flexibility index (Phi) is 4.39. The van der Waals surface area contributed by atoms with E-state index < -0.39 is 5.60 Å². The van der Waals surface area contributed by atoms with Gasteiger partial charge >= 0.3 is 0 Å². The van der Waals surface area contributed by atoms with Gasteiger partial charge in [0, 0.05) is 48.3 Å². The summed E-state index contributed by atoms with van der Waals surface area (Å²) in [6, 6.07) is 10.4. The van der Waals surface area contributed by atoms with E-state index in [1.165, 1.54) is 12.1 Å². The summed E-state index contributed by atoms with van der Waals surface area (Å²) < 4.78 is 20.6. The van der Waals surface area contributed by atoms with Crippen LogP contribution in [0.4, 0.5) is 10.2 Å². The number of rotatable bonds is 3. The van der Waals surface area contributed by atoms with Gasteiger partial charge in [0.2, 0.25) is 0 Å².